The van der Waals surface area contributed by atoms with Crippen molar-refractivity contribution in [2.45, 2.75) is 39.8 Å². The van der Waals surface area contributed by atoms with Crippen molar-refractivity contribution in [3.63, 3.8) is 0 Å². The summed E-state index contributed by atoms with van der Waals surface area (Å²) in [5, 5.41) is 3.86. The van der Waals surface area contributed by atoms with Crippen molar-refractivity contribution in [2.24, 2.45) is 0 Å². The molecular formula is C22H25N3OS. The Morgan fingerprint density at radius 1 is 1.00 bits per heavy atom. The van der Waals surface area contributed by atoms with Crippen molar-refractivity contribution >= 4 is 23.4 Å². The molecule has 0 aliphatic carbocycles. The number of amides is 1. The van der Waals surface area contributed by atoms with Gasteiger partial charge in [0.1, 0.15) is 0 Å². The van der Waals surface area contributed by atoms with Gasteiger partial charge in [-0.05, 0) is 57.4 Å². The van der Waals surface area contributed by atoms with Gasteiger partial charge in [0.2, 0.25) is 5.91 Å². The molecule has 1 N–H and O–H groups in total. The lowest BCUT2D eigenvalue weighted by Gasteiger charge is -2.13. The Labute approximate surface area is 165 Å². The number of nitrogens with one attached hydrogen (secondary N) is 1. The summed E-state index contributed by atoms with van der Waals surface area (Å²) in [6.07, 6.45) is 3.71. The number of anilines is 1. The zero-order chi connectivity index (χ0) is 19.6. The third-order valence-corrected chi connectivity index (χ3v) is 5.46. The number of carbonyl (C=O) groups is 1. The van der Waals surface area contributed by atoms with Crippen LogP contribution < -0.4 is 5.32 Å². The monoisotopic (exact) mass is 379 g/mol. The maximum Gasteiger partial charge on any atom is 0.234 e. The number of rotatable bonds is 5. The predicted octanol–water partition coefficient (Wildman–Crippen LogP) is 5.15. The zero-order valence-electron chi connectivity index (χ0n) is 16.5. The molecule has 0 spiro atoms. The average Bonchev–Trinajstić information content (AvgIpc) is 3.04. The standard InChI is InChI=1S/C22H25N3OS/c1-14-6-7-19(16(3)10-14)25-9-8-23-22(25)27-13-20(26)24-21-17(4)11-15(2)12-18(21)5/h6-12H,13H2,1-5H3,(H,24,26). The molecule has 4 nitrogen and oxygen atoms in total. The molecule has 0 saturated heterocycles. The van der Waals surface area contributed by atoms with Gasteiger partial charge in [0.15, 0.2) is 5.16 Å². The molecule has 0 saturated carbocycles. The van der Waals surface area contributed by atoms with E-state index in [0.29, 0.717) is 5.75 Å². The number of imidazole rings is 1. The van der Waals surface area contributed by atoms with Crippen LogP contribution >= 0.6 is 11.8 Å². The van der Waals surface area contributed by atoms with Gasteiger partial charge in [-0.3, -0.25) is 9.36 Å². The van der Waals surface area contributed by atoms with Crippen LogP contribution in [0.25, 0.3) is 5.69 Å². The minimum atomic E-state index is -0.0229. The third kappa shape index (κ3) is 4.42. The van der Waals surface area contributed by atoms with E-state index in [0.717, 1.165) is 27.7 Å². The number of carbonyl (C=O) groups excluding carboxylic acids is 1. The highest BCUT2D eigenvalue weighted by Gasteiger charge is 2.12. The third-order valence-electron chi connectivity index (χ3n) is 4.49. The normalized spacial score (nSPS) is 10.9. The highest BCUT2D eigenvalue weighted by molar-refractivity contribution is 7.99. The van der Waals surface area contributed by atoms with Crippen molar-refractivity contribution in [3.05, 3.63) is 70.5 Å². The van der Waals surface area contributed by atoms with Crippen LogP contribution in [0, 0.1) is 34.6 Å². The van der Waals surface area contributed by atoms with Crippen molar-refractivity contribution in [2.75, 3.05) is 11.1 Å². The molecule has 0 atom stereocenters. The molecule has 1 aromatic heterocycles. The molecule has 27 heavy (non-hydrogen) atoms. The SMILES string of the molecule is Cc1ccc(-n2ccnc2SCC(=O)Nc2c(C)cc(C)cc2C)c(C)c1. The van der Waals surface area contributed by atoms with Crippen LogP contribution in [0.5, 0.6) is 0 Å². The molecule has 140 valence electrons. The van der Waals surface area contributed by atoms with Gasteiger partial charge in [0.05, 0.1) is 11.4 Å². The summed E-state index contributed by atoms with van der Waals surface area (Å²) in [6, 6.07) is 10.5. The summed E-state index contributed by atoms with van der Waals surface area (Å²) in [5.41, 5.74) is 7.78. The predicted molar refractivity (Wildman–Crippen MR) is 113 cm³/mol. The quantitative estimate of drug-likeness (QED) is 0.624. The Morgan fingerprint density at radius 3 is 2.33 bits per heavy atom. The van der Waals surface area contributed by atoms with Crippen LogP contribution in [0.2, 0.25) is 0 Å². The van der Waals surface area contributed by atoms with Crippen molar-refractivity contribution < 1.29 is 4.79 Å². The Hall–Kier alpha value is -2.53. The molecule has 0 radical (unpaired) electrons. The maximum atomic E-state index is 12.5. The van der Waals surface area contributed by atoms with E-state index < -0.39 is 0 Å². The van der Waals surface area contributed by atoms with E-state index in [9.17, 15) is 4.79 Å². The van der Waals surface area contributed by atoms with Gasteiger partial charge in [0, 0.05) is 18.1 Å². The fourth-order valence-corrected chi connectivity index (χ4v) is 4.10. The summed E-state index contributed by atoms with van der Waals surface area (Å²) >= 11 is 1.44. The lowest BCUT2D eigenvalue weighted by Crippen LogP contribution is -2.16. The van der Waals surface area contributed by atoms with Crippen molar-refractivity contribution in [1.82, 2.24) is 9.55 Å². The molecule has 0 bridgehead atoms. The second-order valence-electron chi connectivity index (χ2n) is 6.98. The highest BCUT2D eigenvalue weighted by Crippen LogP contribution is 2.25. The first-order valence-corrected chi connectivity index (χ1v) is 9.95. The summed E-state index contributed by atoms with van der Waals surface area (Å²) in [4.78, 5) is 16.9. The molecule has 1 heterocycles. The van der Waals surface area contributed by atoms with Gasteiger partial charge in [-0.15, -0.1) is 0 Å². The lowest BCUT2D eigenvalue weighted by atomic mass is 10.1. The Kier molecular flexibility index (Phi) is 5.71. The Bertz CT molecular complexity index is 968. The molecule has 0 unspecified atom stereocenters. The van der Waals surface area contributed by atoms with Gasteiger partial charge in [0.25, 0.3) is 0 Å². The number of aromatic nitrogens is 2. The minimum absolute atomic E-state index is 0.0229. The summed E-state index contributed by atoms with van der Waals surface area (Å²) < 4.78 is 2.04. The Balaban J connectivity index is 1.71. The second kappa shape index (κ2) is 8.01. The fraction of sp³-hybridized carbons (Fsp3) is 0.273. The van der Waals surface area contributed by atoms with E-state index in [-0.39, 0.29) is 5.91 Å². The molecule has 3 rings (SSSR count). The number of hydrogen-bond donors (Lipinski definition) is 1. The first kappa shape index (κ1) is 19.2. The summed E-state index contributed by atoms with van der Waals surface area (Å²) in [7, 11) is 0. The van der Waals surface area contributed by atoms with E-state index in [1.807, 2.05) is 24.6 Å². The van der Waals surface area contributed by atoms with Crippen LogP contribution in [0.15, 0.2) is 47.9 Å². The van der Waals surface area contributed by atoms with Gasteiger partial charge < -0.3 is 5.32 Å². The van der Waals surface area contributed by atoms with E-state index in [1.165, 1.54) is 28.5 Å². The number of aryl methyl sites for hydroxylation is 5. The molecule has 1 amide bonds. The van der Waals surface area contributed by atoms with Gasteiger partial charge >= 0.3 is 0 Å². The number of thioether (sulfide) groups is 1. The summed E-state index contributed by atoms with van der Waals surface area (Å²) in [6.45, 7) is 10.3. The fourth-order valence-electron chi connectivity index (χ4n) is 3.34. The maximum absolute atomic E-state index is 12.5. The molecular weight excluding hydrogens is 354 g/mol. The van der Waals surface area contributed by atoms with Crippen LogP contribution in [0.3, 0.4) is 0 Å². The van der Waals surface area contributed by atoms with Crippen LogP contribution in [-0.4, -0.2) is 21.2 Å². The number of benzene rings is 2. The Morgan fingerprint density at radius 2 is 1.67 bits per heavy atom. The van der Waals surface area contributed by atoms with E-state index in [2.05, 4.69) is 61.4 Å². The molecule has 0 aliphatic heterocycles. The summed E-state index contributed by atoms with van der Waals surface area (Å²) in [5.74, 6) is 0.291. The van der Waals surface area contributed by atoms with Crippen LogP contribution in [0.4, 0.5) is 5.69 Å². The minimum Gasteiger partial charge on any atom is -0.325 e. The van der Waals surface area contributed by atoms with Crippen LogP contribution in [-0.2, 0) is 4.79 Å². The molecule has 0 fully saturated rings. The van der Waals surface area contributed by atoms with Crippen molar-refractivity contribution in [1.29, 1.82) is 0 Å². The molecule has 3 aromatic rings. The van der Waals surface area contributed by atoms with E-state index in [1.54, 1.807) is 6.20 Å². The largest absolute Gasteiger partial charge is 0.325 e. The zero-order valence-corrected chi connectivity index (χ0v) is 17.3. The molecule has 5 heteroatoms. The van der Waals surface area contributed by atoms with E-state index in [4.69, 9.17) is 0 Å². The molecule has 2 aromatic carbocycles. The van der Waals surface area contributed by atoms with Crippen LogP contribution in [0.1, 0.15) is 27.8 Å². The lowest BCUT2D eigenvalue weighted by molar-refractivity contribution is -0.113. The second-order valence-corrected chi connectivity index (χ2v) is 7.92. The average molecular weight is 380 g/mol. The first-order chi connectivity index (χ1) is 12.8. The smallest absolute Gasteiger partial charge is 0.234 e. The first-order valence-electron chi connectivity index (χ1n) is 8.96. The van der Waals surface area contributed by atoms with Crippen molar-refractivity contribution in [3.8, 4) is 5.69 Å². The van der Waals surface area contributed by atoms with Gasteiger partial charge in [-0.1, -0.05) is 47.2 Å². The molecule has 0 aliphatic rings. The number of nitrogens with zero attached hydrogens (tertiary/aromatic N) is 2. The topological polar surface area (TPSA) is 46.9 Å². The number of hydrogen-bond acceptors (Lipinski definition) is 3. The van der Waals surface area contributed by atoms with Gasteiger partial charge in [-0.25, -0.2) is 4.98 Å². The highest BCUT2D eigenvalue weighted by atomic mass is 32.2. The van der Waals surface area contributed by atoms with E-state index >= 15 is 0 Å². The van der Waals surface area contributed by atoms with Gasteiger partial charge in [-0.2, -0.15) is 0 Å².